The third-order valence-electron chi connectivity index (χ3n) is 3.77. The molecule has 2 aromatic heterocycles. The fourth-order valence-electron chi connectivity index (χ4n) is 2.61. The number of aromatic nitrogens is 3. The lowest BCUT2D eigenvalue weighted by Gasteiger charge is -2.15. The lowest BCUT2D eigenvalue weighted by atomic mass is 10.1. The van der Waals surface area contributed by atoms with Crippen LogP contribution < -0.4 is 5.32 Å². The number of rotatable bonds is 4. The van der Waals surface area contributed by atoms with Crippen LogP contribution in [0.3, 0.4) is 0 Å². The van der Waals surface area contributed by atoms with E-state index in [1.807, 2.05) is 0 Å². The minimum Gasteiger partial charge on any atom is -0.376 e. The molecular weight excluding hydrogens is 329 g/mol. The average Bonchev–Trinajstić information content (AvgIpc) is 3.11. The molecule has 0 aliphatic carbocycles. The molecule has 10 heteroatoms. The van der Waals surface area contributed by atoms with Crippen molar-refractivity contribution < 1.29 is 27.2 Å². The Balaban J connectivity index is 1.70. The molecule has 24 heavy (non-hydrogen) atoms. The van der Waals surface area contributed by atoms with Gasteiger partial charge in [-0.15, -0.1) is 0 Å². The van der Waals surface area contributed by atoms with Gasteiger partial charge < -0.3 is 14.6 Å². The van der Waals surface area contributed by atoms with Crippen LogP contribution in [0.4, 0.5) is 13.2 Å². The van der Waals surface area contributed by atoms with Crippen LogP contribution in [0.5, 0.6) is 0 Å². The van der Waals surface area contributed by atoms with E-state index in [0.29, 0.717) is 30.0 Å². The van der Waals surface area contributed by atoms with Gasteiger partial charge in [-0.05, 0) is 6.92 Å². The summed E-state index contributed by atoms with van der Waals surface area (Å²) in [5.74, 6) is -0.0189. The van der Waals surface area contributed by atoms with Crippen LogP contribution in [0.15, 0.2) is 10.7 Å². The zero-order valence-electron chi connectivity index (χ0n) is 12.8. The van der Waals surface area contributed by atoms with Crippen LogP contribution in [0.1, 0.15) is 33.1 Å². The number of carbonyl (C=O) groups is 1. The Kier molecular flexibility index (Phi) is 4.31. The number of carbonyl (C=O) groups excluding carboxylic acids is 1. The third kappa shape index (κ3) is 3.14. The van der Waals surface area contributed by atoms with Crippen molar-refractivity contribution in [1.82, 2.24) is 20.3 Å². The topological polar surface area (TPSA) is 82.2 Å². The molecule has 0 radical (unpaired) electrons. The Bertz CT molecular complexity index is 751. The number of aryl methyl sites for hydroxylation is 1. The first-order valence-corrected chi connectivity index (χ1v) is 7.31. The second kappa shape index (κ2) is 6.27. The quantitative estimate of drug-likeness (QED) is 0.913. The first kappa shape index (κ1) is 16.5. The van der Waals surface area contributed by atoms with Crippen molar-refractivity contribution >= 4 is 5.91 Å². The smallest absolute Gasteiger partial charge is 0.376 e. The van der Waals surface area contributed by atoms with Crippen LogP contribution in [0, 0.1) is 6.92 Å². The predicted octanol–water partition coefficient (Wildman–Crippen LogP) is 1.70. The molecule has 0 spiro atoms. The highest BCUT2D eigenvalue weighted by Gasteiger charge is 2.39. The van der Waals surface area contributed by atoms with E-state index in [1.54, 1.807) is 6.92 Å². The molecule has 3 rings (SSSR count). The van der Waals surface area contributed by atoms with Crippen molar-refractivity contribution in [2.45, 2.75) is 32.7 Å². The predicted molar refractivity (Wildman–Crippen MR) is 74.2 cm³/mol. The van der Waals surface area contributed by atoms with Gasteiger partial charge in [0.25, 0.3) is 5.91 Å². The Hall–Kier alpha value is -2.36. The zero-order valence-corrected chi connectivity index (χ0v) is 12.8. The van der Waals surface area contributed by atoms with Gasteiger partial charge >= 0.3 is 6.18 Å². The van der Waals surface area contributed by atoms with Crippen molar-refractivity contribution in [3.63, 3.8) is 0 Å². The molecule has 3 heterocycles. The van der Waals surface area contributed by atoms with E-state index in [9.17, 15) is 18.0 Å². The van der Waals surface area contributed by atoms with Gasteiger partial charge in [0.15, 0.2) is 5.69 Å². The summed E-state index contributed by atoms with van der Waals surface area (Å²) in [6.45, 7) is 2.12. The Morgan fingerprint density at radius 2 is 2.25 bits per heavy atom. The van der Waals surface area contributed by atoms with Gasteiger partial charge in [-0.25, -0.2) is 0 Å². The second-order valence-corrected chi connectivity index (χ2v) is 5.35. The van der Waals surface area contributed by atoms with Gasteiger partial charge in [-0.3, -0.25) is 9.48 Å². The summed E-state index contributed by atoms with van der Waals surface area (Å²) in [5, 5.41) is 9.79. The first-order valence-electron chi connectivity index (χ1n) is 7.31. The van der Waals surface area contributed by atoms with Crippen molar-refractivity contribution in [2.24, 2.45) is 0 Å². The highest BCUT2D eigenvalue weighted by atomic mass is 19.4. The van der Waals surface area contributed by atoms with E-state index in [4.69, 9.17) is 9.26 Å². The molecule has 1 aliphatic rings. The molecule has 0 atom stereocenters. The maximum absolute atomic E-state index is 13.1. The molecule has 0 aromatic carbocycles. The molecule has 0 saturated heterocycles. The largest absolute Gasteiger partial charge is 0.435 e. The van der Waals surface area contributed by atoms with Gasteiger partial charge in [0.1, 0.15) is 11.3 Å². The van der Waals surface area contributed by atoms with E-state index in [1.165, 1.54) is 10.9 Å². The number of hydrogen-bond donors (Lipinski definition) is 1. The monoisotopic (exact) mass is 344 g/mol. The molecule has 0 bridgehead atoms. The molecule has 1 aliphatic heterocycles. The van der Waals surface area contributed by atoms with Gasteiger partial charge in [-0.1, -0.05) is 5.16 Å². The number of nitrogens with one attached hydrogen (secondary N) is 1. The van der Waals surface area contributed by atoms with E-state index in [2.05, 4.69) is 15.6 Å². The van der Waals surface area contributed by atoms with E-state index < -0.39 is 17.8 Å². The molecular formula is C14H15F3N4O3. The van der Waals surface area contributed by atoms with E-state index in [0.717, 1.165) is 0 Å². The fourth-order valence-corrected chi connectivity index (χ4v) is 2.61. The number of alkyl halides is 3. The van der Waals surface area contributed by atoms with Gasteiger partial charge in [0, 0.05) is 24.2 Å². The van der Waals surface area contributed by atoms with Gasteiger partial charge in [0.2, 0.25) is 0 Å². The van der Waals surface area contributed by atoms with Crippen LogP contribution in [-0.4, -0.2) is 34.0 Å². The number of ether oxygens (including phenoxy) is 1. The number of nitrogens with zero attached hydrogens (tertiary/aromatic N) is 3. The lowest BCUT2D eigenvalue weighted by Crippen LogP contribution is -2.28. The number of amides is 1. The molecule has 0 unspecified atom stereocenters. The van der Waals surface area contributed by atoms with Crippen molar-refractivity contribution in [1.29, 1.82) is 0 Å². The summed E-state index contributed by atoms with van der Waals surface area (Å²) in [5.41, 5.74) is -0.0424. The highest BCUT2D eigenvalue weighted by molar-refractivity contribution is 5.94. The molecule has 1 N–H and O–H groups in total. The summed E-state index contributed by atoms with van der Waals surface area (Å²) in [6.07, 6.45) is -2.88. The van der Waals surface area contributed by atoms with Crippen molar-refractivity contribution in [2.75, 3.05) is 13.2 Å². The van der Waals surface area contributed by atoms with E-state index >= 15 is 0 Å². The standard InChI is InChI=1S/C14H15F3N4O3/c1-8-9(6-19-24-8)13(22)18-3-4-21-11-2-5-23-7-10(11)12(20-21)14(15,16)17/h6H,2-5,7H2,1H3,(H,18,22). The minimum absolute atomic E-state index is 0.0787. The summed E-state index contributed by atoms with van der Waals surface area (Å²) in [7, 11) is 0. The lowest BCUT2D eigenvalue weighted by molar-refractivity contribution is -0.142. The van der Waals surface area contributed by atoms with Crippen LogP contribution in [0.2, 0.25) is 0 Å². The van der Waals surface area contributed by atoms with Gasteiger partial charge in [0.05, 0.1) is 26.0 Å². The maximum Gasteiger partial charge on any atom is 0.435 e. The first-order chi connectivity index (χ1) is 11.4. The maximum atomic E-state index is 13.1. The normalized spacial score (nSPS) is 14.5. The summed E-state index contributed by atoms with van der Waals surface area (Å²) >= 11 is 0. The number of halogens is 3. The zero-order chi connectivity index (χ0) is 17.3. The number of hydrogen-bond acceptors (Lipinski definition) is 5. The molecule has 130 valence electrons. The summed E-state index contributed by atoms with van der Waals surface area (Å²) < 4.78 is 50.4. The SMILES string of the molecule is Cc1oncc1C(=O)NCCn1nc(C(F)(F)F)c2c1CCOC2. The van der Waals surface area contributed by atoms with Crippen LogP contribution >= 0.6 is 0 Å². The average molecular weight is 344 g/mol. The highest BCUT2D eigenvalue weighted by Crippen LogP contribution is 2.34. The van der Waals surface area contributed by atoms with Crippen LogP contribution in [0.25, 0.3) is 0 Å². The second-order valence-electron chi connectivity index (χ2n) is 5.35. The number of fused-ring (bicyclic) bond motifs is 1. The minimum atomic E-state index is -4.53. The van der Waals surface area contributed by atoms with Crippen molar-refractivity contribution in [3.05, 3.63) is 34.5 Å². The summed E-state index contributed by atoms with van der Waals surface area (Å²) in [4.78, 5) is 11.9. The molecule has 0 fully saturated rings. The third-order valence-corrected chi connectivity index (χ3v) is 3.77. The molecule has 7 nitrogen and oxygen atoms in total. The molecule has 1 amide bonds. The Morgan fingerprint density at radius 1 is 1.46 bits per heavy atom. The molecule has 0 saturated carbocycles. The van der Waals surface area contributed by atoms with Crippen LogP contribution in [-0.2, 0) is 30.5 Å². The fraction of sp³-hybridized carbons (Fsp3) is 0.500. The van der Waals surface area contributed by atoms with Crippen molar-refractivity contribution in [3.8, 4) is 0 Å². The van der Waals surface area contributed by atoms with Gasteiger partial charge in [-0.2, -0.15) is 18.3 Å². The molecule has 2 aromatic rings. The van der Waals surface area contributed by atoms with E-state index in [-0.39, 0.29) is 25.3 Å². The Labute approximate surface area is 134 Å². The summed E-state index contributed by atoms with van der Waals surface area (Å²) in [6, 6.07) is 0. The Morgan fingerprint density at radius 3 is 2.92 bits per heavy atom.